The molecule has 0 fully saturated rings. The van der Waals surface area contributed by atoms with Crippen LogP contribution in [0.2, 0.25) is 0 Å². The lowest BCUT2D eigenvalue weighted by Gasteiger charge is -2.29. The van der Waals surface area contributed by atoms with Gasteiger partial charge in [-0.1, -0.05) is 36.8 Å². The second-order valence-electron chi connectivity index (χ2n) is 10.0. The van der Waals surface area contributed by atoms with Crippen molar-refractivity contribution in [2.24, 2.45) is 0 Å². The van der Waals surface area contributed by atoms with Gasteiger partial charge in [0.25, 0.3) is 5.91 Å². The third-order valence-electron chi connectivity index (χ3n) is 7.45. The maximum Gasteiger partial charge on any atom is 0.251 e. The van der Waals surface area contributed by atoms with E-state index >= 15 is 0 Å². The third kappa shape index (κ3) is 5.96. The molecule has 1 N–H and O–H groups in total. The second kappa shape index (κ2) is 12.7. The number of benzene rings is 3. The molecule has 0 unspecified atom stereocenters. The van der Waals surface area contributed by atoms with Crippen molar-refractivity contribution in [3.8, 4) is 11.5 Å². The molecule has 3 aromatic carbocycles. The molecule has 0 saturated heterocycles. The van der Waals surface area contributed by atoms with Crippen molar-refractivity contribution >= 4 is 28.5 Å². The number of para-hydroxylation sites is 3. The number of unbranched alkanes of at least 4 members (excludes halogenated alkanes) is 2. The van der Waals surface area contributed by atoms with Gasteiger partial charge >= 0.3 is 0 Å². The maximum absolute atomic E-state index is 13.5. The Bertz CT molecular complexity index is 1500. The van der Waals surface area contributed by atoms with E-state index in [0.717, 1.165) is 67.6 Å². The maximum atomic E-state index is 13.5. The summed E-state index contributed by atoms with van der Waals surface area (Å²) in [5, 5.41) is 2.98. The van der Waals surface area contributed by atoms with Crippen LogP contribution in [0.3, 0.4) is 0 Å². The average Bonchev–Trinajstić information content (AvgIpc) is 3.34. The van der Waals surface area contributed by atoms with Gasteiger partial charge in [0, 0.05) is 30.8 Å². The van der Waals surface area contributed by atoms with Crippen LogP contribution in [0, 0.1) is 0 Å². The van der Waals surface area contributed by atoms with Crippen molar-refractivity contribution in [2.75, 3.05) is 32.2 Å². The van der Waals surface area contributed by atoms with Crippen LogP contribution in [0.4, 0.5) is 5.69 Å². The number of amides is 2. The Balaban J connectivity index is 1.17. The van der Waals surface area contributed by atoms with Gasteiger partial charge in [-0.05, 0) is 67.6 Å². The molecular formula is C32H36N4O4. The summed E-state index contributed by atoms with van der Waals surface area (Å²) in [4.78, 5) is 32.9. The predicted molar refractivity (Wildman–Crippen MR) is 156 cm³/mol. The molecule has 0 bridgehead atoms. The van der Waals surface area contributed by atoms with Crippen molar-refractivity contribution in [3.05, 3.63) is 83.7 Å². The molecule has 5 rings (SSSR count). The summed E-state index contributed by atoms with van der Waals surface area (Å²) in [6.07, 6.45) is 5.45. The quantitative estimate of drug-likeness (QED) is 0.265. The van der Waals surface area contributed by atoms with E-state index < -0.39 is 0 Å². The van der Waals surface area contributed by atoms with Gasteiger partial charge < -0.3 is 24.3 Å². The topological polar surface area (TPSA) is 85.7 Å². The van der Waals surface area contributed by atoms with Crippen LogP contribution in [0.25, 0.3) is 11.0 Å². The standard InChI is InChI=1S/C32H36N4O4/c1-39-28-18-17-24(21-29(28)40-2)32(38)33-19-9-3-4-16-30-34-25-13-6-8-15-27(25)36(30)22-31(37)35-20-10-12-23-11-5-7-14-26(23)35/h5-8,11,13-15,17-18,21H,3-4,9-10,12,16,19-20,22H2,1-2H3,(H,33,38). The largest absolute Gasteiger partial charge is 0.493 e. The molecule has 208 valence electrons. The number of hydrogen-bond donors (Lipinski definition) is 1. The number of aromatic nitrogens is 2. The smallest absolute Gasteiger partial charge is 0.251 e. The fourth-order valence-corrected chi connectivity index (χ4v) is 5.37. The highest BCUT2D eigenvalue weighted by Crippen LogP contribution is 2.28. The molecule has 8 heteroatoms. The minimum atomic E-state index is -0.138. The molecule has 0 spiro atoms. The van der Waals surface area contributed by atoms with E-state index in [0.29, 0.717) is 23.6 Å². The first-order valence-corrected chi connectivity index (χ1v) is 13.9. The van der Waals surface area contributed by atoms with E-state index in [1.54, 1.807) is 32.4 Å². The number of rotatable bonds is 11. The van der Waals surface area contributed by atoms with Gasteiger partial charge in [-0.25, -0.2) is 4.98 Å². The highest BCUT2D eigenvalue weighted by molar-refractivity contribution is 5.95. The van der Waals surface area contributed by atoms with Gasteiger partial charge in [-0.3, -0.25) is 9.59 Å². The molecule has 2 amide bonds. The van der Waals surface area contributed by atoms with E-state index in [4.69, 9.17) is 14.5 Å². The summed E-state index contributed by atoms with van der Waals surface area (Å²) in [6.45, 7) is 1.59. The Morgan fingerprint density at radius 2 is 1.73 bits per heavy atom. The van der Waals surface area contributed by atoms with Crippen LogP contribution in [0.5, 0.6) is 11.5 Å². The molecule has 0 saturated carbocycles. The van der Waals surface area contributed by atoms with E-state index in [9.17, 15) is 9.59 Å². The number of anilines is 1. The first kappa shape index (κ1) is 27.2. The minimum Gasteiger partial charge on any atom is -0.493 e. The first-order chi connectivity index (χ1) is 19.6. The van der Waals surface area contributed by atoms with Gasteiger partial charge in [0.1, 0.15) is 12.4 Å². The number of aryl methyl sites for hydroxylation is 2. The van der Waals surface area contributed by atoms with Crippen LogP contribution in [0.15, 0.2) is 66.7 Å². The zero-order chi connectivity index (χ0) is 27.9. The monoisotopic (exact) mass is 540 g/mol. The zero-order valence-corrected chi connectivity index (χ0v) is 23.2. The second-order valence-corrected chi connectivity index (χ2v) is 10.0. The molecule has 1 aromatic heterocycles. The molecule has 0 radical (unpaired) electrons. The number of ether oxygens (including phenoxy) is 2. The number of nitrogens with zero attached hydrogens (tertiary/aromatic N) is 3. The Morgan fingerprint density at radius 3 is 2.58 bits per heavy atom. The van der Waals surface area contributed by atoms with Crippen molar-refractivity contribution in [3.63, 3.8) is 0 Å². The number of carbonyl (C=O) groups is 2. The lowest BCUT2D eigenvalue weighted by molar-refractivity contribution is -0.119. The normalized spacial score (nSPS) is 12.7. The van der Waals surface area contributed by atoms with E-state index in [-0.39, 0.29) is 18.4 Å². The van der Waals surface area contributed by atoms with Gasteiger partial charge in [0.05, 0.1) is 25.3 Å². The lowest BCUT2D eigenvalue weighted by Crippen LogP contribution is -2.38. The van der Waals surface area contributed by atoms with Crippen molar-refractivity contribution in [1.29, 1.82) is 0 Å². The van der Waals surface area contributed by atoms with Crippen molar-refractivity contribution in [2.45, 2.75) is 45.1 Å². The van der Waals surface area contributed by atoms with Crippen LogP contribution < -0.4 is 19.7 Å². The van der Waals surface area contributed by atoms with Crippen LogP contribution in [-0.2, 0) is 24.2 Å². The SMILES string of the molecule is COc1ccc(C(=O)NCCCCCc2nc3ccccc3n2CC(=O)N2CCCc3ccccc32)cc1OC. The van der Waals surface area contributed by atoms with Gasteiger partial charge in [-0.2, -0.15) is 0 Å². The molecule has 8 nitrogen and oxygen atoms in total. The van der Waals surface area contributed by atoms with E-state index in [1.807, 2.05) is 47.4 Å². The van der Waals surface area contributed by atoms with Crippen LogP contribution in [0.1, 0.15) is 47.4 Å². The van der Waals surface area contributed by atoms with Crippen molar-refractivity contribution in [1.82, 2.24) is 14.9 Å². The summed E-state index contributed by atoms with van der Waals surface area (Å²) in [5.74, 6) is 2.00. The number of nitrogens with one attached hydrogen (secondary N) is 1. The summed E-state index contributed by atoms with van der Waals surface area (Å²) in [5.41, 5.74) is 4.69. The molecule has 0 aliphatic carbocycles. The summed E-state index contributed by atoms with van der Waals surface area (Å²) >= 11 is 0. The summed E-state index contributed by atoms with van der Waals surface area (Å²) in [6, 6.07) is 21.3. The Hall–Kier alpha value is -4.33. The number of carbonyl (C=O) groups excluding carboxylic acids is 2. The van der Waals surface area contributed by atoms with Gasteiger partial charge in [0.15, 0.2) is 11.5 Å². The molecule has 4 aromatic rings. The van der Waals surface area contributed by atoms with E-state index in [1.165, 1.54) is 5.56 Å². The Morgan fingerprint density at radius 1 is 0.925 bits per heavy atom. The lowest BCUT2D eigenvalue weighted by atomic mass is 10.0. The average molecular weight is 541 g/mol. The Kier molecular flexibility index (Phi) is 8.64. The van der Waals surface area contributed by atoms with Gasteiger partial charge in [-0.15, -0.1) is 0 Å². The fraction of sp³-hybridized carbons (Fsp3) is 0.344. The molecule has 2 heterocycles. The van der Waals surface area contributed by atoms with Crippen LogP contribution in [-0.4, -0.2) is 48.7 Å². The minimum absolute atomic E-state index is 0.0921. The zero-order valence-electron chi connectivity index (χ0n) is 23.2. The van der Waals surface area contributed by atoms with Gasteiger partial charge in [0.2, 0.25) is 5.91 Å². The summed E-state index contributed by atoms with van der Waals surface area (Å²) in [7, 11) is 3.12. The molecule has 0 atom stereocenters. The predicted octanol–water partition coefficient (Wildman–Crippen LogP) is 5.18. The molecule has 1 aliphatic heterocycles. The Labute approximate surface area is 234 Å². The first-order valence-electron chi connectivity index (χ1n) is 13.9. The summed E-state index contributed by atoms with van der Waals surface area (Å²) < 4.78 is 12.6. The molecular weight excluding hydrogens is 504 g/mol. The number of imidazole rings is 1. The molecule has 1 aliphatic rings. The van der Waals surface area contributed by atoms with Crippen molar-refractivity contribution < 1.29 is 19.1 Å². The third-order valence-corrected chi connectivity index (χ3v) is 7.45. The molecule has 40 heavy (non-hydrogen) atoms. The number of methoxy groups -OCH3 is 2. The highest BCUT2D eigenvalue weighted by Gasteiger charge is 2.24. The van der Waals surface area contributed by atoms with E-state index in [2.05, 4.69) is 16.0 Å². The highest BCUT2D eigenvalue weighted by atomic mass is 16.5. The fourth-order valence-electron chi connectivity index (χ4n) is 5.37. The number of fused-ring (bicyclic) bond motifs is 2. The number of hydrogen-bond acceptors (Lipinski definition) is 5. The van der Waals surface area contributed by atoms with Crippen LogP contribution >= 0.6 is 0 Å².